The van der Waals surface area contributed by atoms with Crippen LogP contribution in [0.1, 0.15) is 10.4 Å². The predicted molar refractivity (Wildman–Crippen MR) is 58.4 cm³/mol. The number of halogens is 1. The number of aromatic hydroxyl groups is 1. The second-order valence-electron chi connectivity index (χ2n) is 2.85. The van der Waals surface area contributed by atoms with E-state index >= 15 is 0 Å². The number of amides is 2. The molecule has 1 rings (SSSR count). The number of benzene rings is 1. The van der Waals surface area contributed by atoms with Gasteiger partial charge in [0.1, 0.15) is 5.75 Å². The zero-order chi connectivity index (χ0) is 12.1. The molecule has 4 N–H and O–H groups in total. The van der Waals surface area contributed by atoms with Gasteiger partial charge in [0, 0.05) is 4.47 Å². The van der Waals surface area contributed by atoms with Gasteiger partial charge in [-0.3, -0.25) is 14.4 Å². The molecule has 0 aliphatic carbocycles. The molecular weight excluding hydrogens is 280 g/mol. The van der Waals surface area contributed by atoms with Crippen molar-refractivity contribution < 1.29 is 19.5 Å². The maximum absolute atomic E-state index is 11.4. The fourth-order valence-corrected chi connectivity index (χ4v) is 1.28. The maximum Gasteiger partial charge on any atom is 0.278 e. The van der Waals surface area contributed by atoms with Crippen LogP contribution in [0.15, 0.2) is 22.7 Å². The molecule has 6 nitrogen and oxygen atoms in total. The van der Waals surface area contributed by atoms with Gasteiger partial charge in [-0.1, -0.05) is 15.9 Å². The first-order valence-corrected chi connectivity index (χ1v) is 4.99. The van der Waals surface area contributed by atoms with Crippen molar-refractivity contribution in [1.82, 2.24) is 5.48 Å². The minimum absolute atomic E-state index is 0.0267. The van der Waals surface area contributed by atoms with Crippen LogP contribution in [-0.4, -0.2) is 23.5 Å². The first-order chi connectivity index (χ1) is 7.50. The summed E-state index contributed by atoms with van der Waals surface area (Å²) in [7, 11) is 0. The van der Waals surface area contributed by atoms with Crippen molar-refractivity contribution in [2.24, 2.45) is 5.73 Å². The number of carbonyl (C=O) groups excluding carboxylic acids is 2. The van der Waals surface area contributed by atoms with Gasteiger partial charge >= 0.3 is 0 Å². The molecule has 7 heteroatoms. The summed E-state index contributed by atoms with van der Waals surface area (Å²) in [4.78, 5) is 26.3. The molecule has 0 unspecified atom stereocenters. The van der Waals surface area contributed by atoms with Crippen molar-refractivity contribution in [1.29, 1.82) is 0 Å². The quantitative estimate of drug-likeness (QED) is 0.694. The summed E-state index contributed by atoms with van der Waals surface area (Å²) in [6.45, 7) is -0.430. The largest absolute Gasteiger partial charge is 0.507 e. The average molecular weight is 289 g/mol. The summed E-state index contributed by atoms with van der Waals surface area (Å²) >= 11 is 3.15. The minimum atomic E-state index is -0.709. The van der Waals surface area contributed by atoms with E-state index < -0.39 is 18.4 Å². The van der Waals surface area contributed by atoms with Gasteiger partial charge in [0.25, 0.3) is 5.91 Å². The lowest BCUT2D eigenvalue weighted by atomic mass is 10.2. The van der Waals surface area contributed by atoms with E-state index in [-0.39, 0.29) is 11.3 Å². The van der Waals surface area contributed by atoms with Gasteiger partial charge in [-0.15, -0.1) is 0 Å². The number of phenols is 1. The first kappa shape index (κ1) is 12.5. The summed E-state index contributed by atoms with van der Waals surface area (Å²) in [6.07, 6.45) is 0. The molecule has 2 amide bonds. The highest BCUT2D eigenvalue weighted by atomic mass is 79.9. The van der Waals surface area contributed by atoms with Crippen molar-refractivity contribution in [3.63, 3.8) is 0 Å². The summed E-state index contributed by atoms with van der Waals surface area (Å²) in [6, 6.07) is 4.35. The number of nitrogens with one attached hydrogen (secondary N) is 1. The van der Waals surface area contributed by atoms with Gasteiger partial charge in [-0.25, -0.2) is 5.48 Å². The highest BCUT2D eigenvalue weighted by Crippen LogP contribution is 2.21. The molecule has 0 fully saturated rings. The standard InChI is InChI=1S/C9H9BrN2O4/c10-5-1-2-7(13)6(3-5)9(15)12-16-4-8(11)14/h1-3,13H,4H2,(H2,11,14)(H,12,15). The van der Waals surface area contributed by atoms with Crippen molar-refractivity contribution in [2.45, 2.75) is 0 Å². The highest BCUT2D eigenvalue weighted by molar-refractivity contribution is 9.10. The molecule has 86 valence electrons. The van der Waals surface area contributed by atoms with Crippen LogP contribution >= 0.6 is 15.9 Å². The number of nitrogens with two attached hydrogens (primary N) is 1. The summed E-state index contributed by atoms with van der Waals surface area (Å²) < 4.78 is 0.630. The summed E-state index contributed by atoms with van der Waals surface area (Å²) in [5, 5.41) is 9.39. The Labute approximate surface area is 99.5 Å². The molecular formula is C9H9BrN2O4. The number of rotatable bonds is 4. The van der Waals surface area contributed by atoms with E-state index in [1.54, 1.807) is 6.07 Å². The molecule has 0 bridgehead atoms. The predicted octanol–water partition coefficient (Wildman–Crippen LogP) is 0.301. The Kier molecular flexibility index (Phi) is 4.27. The van der Waals surface area contributed by atoms with Crippen molar-refractivity contribution in [3.8, 4) is 5.75 Å². The number of hydrogen-bond acceptors (Lipinski definition) is 4. The number of hydroxylamine groups is 1. The zero-order valence-corrected chi connectivity index (χ0v) is 9.65. The molecule has 0 aliphatic rings. The zero-order valence-electron chi connectivity index (χ0n) is 8.07. The molecule has 0 saturated carbocycles. The van der Waals surface area contributed by atoms with E-state index in [2.05, 4.69) is 20.8 Å². The second kappa shape index (κ2) is 5.47. The van der Waals surface area contributed by atoms with Crippen LogP contribution in [-0.2, 0) is 9.63 Å². The smallest absolute Gasteiger partial charge is 0.278 e. The van der Waals surface area contributed by atoms with Crippen LogP contribution in [0.3, 0.4) is 0 Å². The minimum Gasteiger partial charge on any atom is -0.507 e. The lowest BCUT2D eigenvalue weighted by Crippen LogP contribution is -2.29. The van der Waals surface area contributed by atoms with E-state index in [0.29, 0.717) is 4.47 Å². The van der Waals surface area contributed by atoms with E-state index in [9.17, 15) is 14.7 Å². The second-order valence-corrected chi connectivity index (χ2v) is 3.76. The average Bonchev–Trinajstić information content (AvgIpc) is 2.21. The SMILES string of the molecule is NC(=O)CONC(=O)c1cc(Br)ccc1O. The van der Waals surface area contributed by atoms with Crippen LogP contribution in [0.2, 0.25) is 0 Å². The Hall–Kier alpha value is -1.60. The van der Waals surface area contributed by atoms with E-state index in [0.717, 1.165) is 0 Å². The number of carbonyl (C=O) groups is 2. The van der Waals surface area contributed by atoms with Gasteiger partial charge < -0.3 is 10.8 Å². The van der Waals surface area contributed by atoms with E-state index in [1.165, 1.54) is 12.1 Å². The molecule has 1 aromatic carbocycles. The third kappa shape index (κ3) is 3.52. The normalized spacial score (nSPS) is 9.81. The van der Waals surface area contributed by atoms with Gasteiger partial charge in [0.15, 0.2) is 6.61 Å². The van der Waals surface area contributed by atoms with Crippen molar-refractivity contribution in [2.75, 3.05) is 6.61 Å². The monoisotopic (exact) mass is 288 g/mol. The number of primary amides is 1. The van der Waals surface area contributed by atoms with Gasteiger partial charge in [0.2, 0.25) is 5.91 Å². The van der Waals surface area contributed by atoms with Crippen LogP contribution < -0.4 is 11.2 Å². The summed E-state index contributed by atoms with van der Waals surface area (Å²) in [5.74, 6) is -1.57. The van der Waals surface area contributed by atoms with Crippen LogP contribution in [0.5, 0.6) is 5.75 Å². The van der Waals surface area contributed by atoms with Crippen molar-refractivity contribution >= 4 is 27.7 Å². The Morgan fingerprint density at radius 3 is 2.81 bits per heavy atom. The third-order valence-electron chi connectivity index (χ3n) is 1.58. The van der Waals surface area contributed by atoms with Gasteiger partial charge in [-0.2, -0.15) is 0 Å². The summed E-state index contributed by atoms with van der Waals surface area (Å²) in [5.41, 5.74) is 6.80. The molecule has 0 radical (unpaired) electrons. The van der Waals surface area contributed by atoms with E-state index in [4.69, 9.17) is 5.73 Å². The fraction of sp³-hybridized carbons (Fsp3) is 0.111. The molecule has 0 atom stereocenters. The Bertz CT molecular complexity index is 422. The maximum atomic E-state index is 11.4. The Morgan fingerprint density at radius 1 is 1.50 bits per heavy atom. The Morgan fingerprint density at radius 2 is 2.19 bits per heavy atom. The highest BCUT2D eigenvalue weighted by Gasteiger charge is 2.11. The van der Waals surface area contributed by atoms with Crippen LogP contribution in [0, 0.1) is 0 Å². The Balaban J connectivity index is 2.65. The van der Waals surface area contributed by atoms with E-state index in [1.807, 2.05) is 5.48 Å². The molecule has 16 heavy (non-hydrogen) atoms. The fourth-order valence-electron chi connectivity index (χ4n) is 0.918. The third-order valence-corrected chi connectivity index (χ3v) is 2.08. The molecule has 0 aliphatic heterocycles. The lowest BCUT2D eigenvalue weighted by molar-refractivity contribution is -0.124. The lowest BCUT2D eigenvalue weighted by Gasteiger charge is -2.06. The first-order valence-electron chi connectivity index (χ1n) is 4.19. The topological polar surface area (TPSA) is 102 Å². The molecule has 1 aromatic rings. The number of phenolic OH excluding ortho intramolecular Hbond substituents is 1. The number of hydrogen-bond donors (Lipinski definition) is 3. The van der Waals surface area contributed by atoms with Crippen LogP contribution in [0.25, 0.3) is 0 Å². The molecule has 0 spiro atoms. The van der Waals surface area contributed by atoms with Crippen LogP contribution in [0.4, 0.5) is 0 Å². The molecule has 0 saturated heterocycles. The van der Waals surface area contributed by atoms with Gasteiger partial charge in [-0.05, 0) is 18.2 Å². The molecule has 0 aromatic heterocycles. The molecule has 0 heterocycles. The van der Waals surface area contributed by atoms with Gasteiger partial charge in [0.05, 0.1) is 5.56 Å². The van der Waals surface area contributed by atoms with Crippen molar-refractivity contribution in [3.05, 3.63) is 28.2 Å².